The Bertz CT molecular complexity index is 374. The fourth-order valence-corrected chi connectivity index (χ4v) is 2.36. The number of hydrogen-bond acceptors (Lipinski definition) is 3. The number of nitrogens with zero attached hydrogens (tertiary/aromatic N) is 1. The Kier molecular flexibility index (Phi) is 3.44. The van der Waals surface area contributed by atoms with Crippen LogP contribution in [-0.4, -0.2) is 17.5 Å². The Hall–Kier alpha value is -0.800. The van der Waals surface area contributed by atoms with Crippen LogP contribution < -0.4 is 5.32 Å². The van der Waals surface area contributed by atoms with Gasteiger partial charge in [-0.05, 0) is 30.5 Å². The molecule has 1 aliphatic rings. The minimum atomic E-state index is 0.255. The topological polar surface area (TPSA) is 24.4 Å². The standard InChI is InChI=1S/C12H16N2S/c1-9-4-3-5-11(10(9)2)8-14-12-13-6-7-15-12/h3-6,12,14H,7-8H2,1-2H3. The number of aryl methyl sites for hydroxylation is 1. The molecule has 0 amide bonds. The maximum Gasteiger partial charge on any atom is 0.147 e. The van der Waals surface area contributed by atoms with E-state index in [4.69, 9.17) is 0 Å². The zero-order valence-corrected chi connectivity index (χ0v) is 9.97. The summed E-state index contributed by atoms with van der Waals surface area (Å²) < 4.78 is 0. The molecule has 1 atom stereocenters. The van der Waals surface area contributed by atoms with Crippen LogP contribution in [0, 0.1) is 13.8 Å². The molecular weight excluding hydrogens is 204 g/mol. The maximum absolute atomic E-state index is 4.33. The van der Waals surface area contributed by atoms with Crippen LogP contribution >= 0.6 is 11.8 Å². The van der Waals surface area contributed by atoms with Gasteiger partial charge in [0, 0.05) is 18.5 Å². The van der Waals surface area contributed by atoms with Gasteiger partial charge in [-0.3, -0.25) is 10.3 Å². The van der Waals surface area contributed by atoms with Crippen molar-refractivity contribution in [1.29, 1.82) is 0 Å². The van der Waals surface area contributed by atoms with E-state index in [9.17, 15) is 0 Å². The Morgan fingerprint density at radius 2 is 2.33 bits per heavy atom. The minimum absolute atomic E-state index is 0.255. The quantitative estimate of drug-likeness (QED) is 0.846. The van der Waals surface area contributed by atoms with Crippen molar-refractivity contribution in [1.82, 2.24) is 5.32 Å². The first-order valence-electron chi connectivity index (χ1n) is 5.19. The van der Waals surface area contributed by atoms with Crippen molar-refractivity contribution in [3.8, 4) is 0 Å². The second-order valence-corrected chi connectivity index (χ2v) is 4.87. The van der Waals surface area contributed by atoms with Gasteiger partial charge < -0.3 is 0 Å². The molecule has 1 unspecified atom stereocenters. The van der Waals surface area contributed by atoms with Gasteiger partial charge in [0.1, 0.15) is 5.50 Å². The molecule has 15 heavy (non-hydrogen) atoms. The molecule has 80 valence electrons. The van der Waals surface area contributed by atoms with E-state index >= 15 is 0 Å². The summed E-state index contributed by atoms with van der Waals surface area (Å²) >= 11 is 1.84. The summed E-state index contributed by atoms with van der Waals surface area (Å²) in [4.78, 5) is 4.33. The number of aliphatic imine (C=N–C) groups is 1. The van der Waals surface area contributed by atoms with Crippen LogP contribution in [0.4, 0.5) is 0 Å². The number of nitrogens with one attached hydrogen (secondary N) is 1. The number of benzene rings is 1. The third-order valence-corrected chi connectivity index (χ3v) is 3.70. The average molecular weight is 220 g/mol. The van der Waals surface area contributed by atoms with Crippen molar-refractivity contribution < 1.29 is 0 Å². The monoisotopic (exact) mass is 220 g/mol. The van der Waals surface area contributed by atoms with Crippen molar-refractivity contribution in [2.45, 2.75) is 25.9 Å². The number of rotatable bonds is 3. The predicted molar refractivity (Wildman–Crippen MR) is 67.5 cm³/mol. The molecule has 1 N–H and O–H groups in total. The summed E-state index contributed by atoms with van der Waals surface area (Å²) in [5, 5.41) is 3.43. The number of hydrogen-bond donors (Lipinski definition) is 1. The third-order valence-electron chi connectivity index (χ3n) is 2.75. The van der Waals surface area contributed by atoms with Gasteiger partial charge in [-0.2, -0.15) is 0 Å². The van der Waals surface area contributed by atoms with Crippen LogP contribution in [0.15, 0.2) is 23.2 Å². The lowest BCUT2D eigenvalue weighted by Crippen LogP contribution is -2.22. The van der Waals surface area contributed by atoms with E-state index < -0.39 is 0 Å². The minimum Gasteiger partial charge on any atom is -0.283 e. The van der Waals surface area contributed by atoms with Crippen molar-refractivity contribution in [3.63, 3.8) is 0 Å². The molecule has 1 heterocycles. The summed E-state index contributed by atoms with van der Waals surface area (Å²) in [6.07, 6.45) is 1.98. The first-order chi connectivity index (χ1) is 7.27. The molecule has 0 bridgehead atoms. The summed E-state index contributed by atoms with van der Waals surface area (Å²) in [5.74, 6) is 1.03. The zero-order valence-electron chi connectivity index (χ0n) is 9.16. The van der Waals surface area contributed by atoms with E-state index in [0.717, 1.165) is 12.3 Å². The van der Waals surface area contributed by atoms with E-state index in [2.05, 4.69) is 42.4 Å². The largest absolute Gasteiger partial charge is 0.283 e. The molecule has 0 saturated carbocycles. The van der Waals surface area contributed by atoms with E-state index in [1.54, 1.807) is 0 Å². The maximum atomic E-state index is 4.33. The van der Waals surface area contributed by atoms with E-state index in [-0.39, 0.29) is 5.50 Å². The normalized spacial score (nSPS) is 19.7. The molecule has 0 spiro atoms. The molecule has 0 aromatic heterocycles. The van der Waals surface area contributed by atoms with E-state index in [0.29, 0.717) is 0 Å². The fourth-order valence-electron chi connectivity index (χ4n) is 1.63. The SMILES string of the molecule is Cc1cccc(CNC2N=CCS2)c1C. The summed E-state index contributed by atoms with van der Waals surface area (Å²) in [7, 11) is 0. The highest BCUT2D eigenvalue weighted by Crippen LogP contribution is 2.16. The highest BCUT2D eigenvalue weighted by molar-refractivity contribution is 8.00. The van der Waals surface area contributed by atoms with Crippen molar-refractivity contribution in [2.75, 3.05) is 5.75 Å². The Morgan fingerprint density at radius 3 is 3.07 bits per heavy atom. The lowest BCUT2D eigenvalue weighted by atomic mass is 10.0. The number of thioether (sulfide) groups is 1. The molecule has 0 fully saturated rings. The molecule has 1 aliphatic heterocycles. The molecule has 2 rings (SSSR count). The van der Waals surface area contributed by atoms with Gasteiger partial charge in [0.25, 0.3) is 0 Å². The molecule has 1 aromatic carbocycles. The molecule has 1 aromatic rings. The van der Waals surface area contributed by atoms with Gasteiger partial charge >= 0.3 is 0 Å². The van der Waals surface area contributed by atoms with Crippen LogP contribution in [0.5, 0.6) is 0 Å². The van der Waals surface area contributed by atoms with Crippen molar-refractivity contribution in [3.05, 3.63) is 34.9 Å². The van der Waals surface area contributed by atoms with E-state index in [1.807, 2.05) is 18.0 Å². The molecule has 3 heteroatoms. The Balaban J connectivity index is 1.98. The highest BCUT2D eigenvalue weighted by atomic mass is 32.2. The van der Waals surface area contributed by atoms with E-state index in [1.165, 1.54) is 16.7 Å². The summed E-state index contributed by atoms with van der Waals surface area (Å²) in [6.45, 7) is 5.24. The highest BCUT2D eigenvalue weighted by Gasteiger charge is 2.10. The summed E-state index contributed by atoms with van der Waals surface area (Å²) in [6, 6.07) is 6.45. The van der Waals surface area contributed by atoms with Crippen molar-refractivity contribution >= 4 is 18.0 Å². The molecule has 0 aliphatic carbocycles. The third kappa shape index (κ3) is 2.61. The van der Waals surface area contributed by atoms with Gasteiger partial charge in [-0.25, -0.2) is 0 Å². The van der Waals surface area contributed by atoms with Gasteiger partial charge in [0.2, 0.25) is 0 Å². The second kappa shape index (κ2) is 4.81. The molecule has 0 saturated heterocycles. The Morgan fingerprint density at radius 1 is 1.47 bits per heavy atom. The first kappa shape index (κ1) is 10.7. The van der Waals surface area contributed by atoms with Crippen LogP contribution in [-0.2, 0) is 6.54 Å². The zero-order chi connectivity index (χ0) is 10.7. The van der Waals surface area contributed by atoms with Crippen LogP contribution in [0.2, 0.25) is 0 Å². The Labute approximate surface area is 95.2 Å². The van der Waals surface area contributed by atoms with Crippen molar-refractivity contribution in [2.24, 2.45) is 4.99 Å². The van der Waals surface area contributed by atoms with Gasteiger partial charge in [0.05, 0.1) is 0 Å². The van der Waals surface area contributed by atoms with Gasteiger partial charge in [0.15, 0.2) is 0 Å². The lowest BCUT2D eigenvalue weighted by molar-refractivity contribution is 0.673. The molecular formula is C12H16N2S. The second-order valence-electron chi connectivity index (χ2n) is 3.76. The average Bonchev–Trinajstić information content (AvgIpc) is 2.73. The van der Waals surface area contributed by atoms with Gasteiger partial charge in [-0.15, -0.1) is 11.8 Å². The van der Waals surface area contributed by atoms with Crippen LogP contribution in [0.25, 0.3) is 0 Å². The lowest BCUT2D eigenvalue weighted by Gasteiger charge is -2.12. The van der Waals surface area contributed by atoms with Crippen LogP contribution in [0.1, 0.15) is 16.7 Å². The smallest absolute Gasteiger partial charge is 0.147 e. The predicted octanol–water partition coefficient (Wildman–Crippen LogP) is 2.49. The molecule has 2 nitrogen and oxygen atoms in total. The van der Waals surface area contributed by atoms with Gasteiger partial charge in [-0.1, -0.05) is 18.2 Å². The molecule has 0 radical (unpaired) electrons. The van der Waals surface area contributed by atoms with Crippen LogP contribution in [0.3, 0.4) is 0 Å². The fraction of sp³-hybridized carbons (Fsp3) is 0.417. The first-order valence-corrected chi connectivity index (χ1v) is 6.24. The summed E-state index contributed by atoms with van der Waals surface area (Å²) in [5.41, 5.74) is 4.37.